The molecule has 0 aromatic rings. The summed E-state index contributed by atoms with van der Waals surface area (Å²) in [5.74, 6) is -0.299. The number of hydrogen-bond acceptors (Lipinski definition) is 7. The molecule has 41 heavy (non-hydrogen) atoms. The minimum atomic E-state index is -3.86. The van der Waals surface area contributed by atoms with Crippen LogP contribution in [0.1, 0.15) is 79.6 Å². The fourth-order valence-corrected chi connectivity index (χ4v) is 10.4. The Hall–Kier alpha value is -2.05. The highest BCUT2D eigenvalue weighted by atomic mass is 31.2. The van der Waals surface area contributed by atoms with Crippen molar-refractivity contribution >= 4 is 19.9 Å². The van der Waals surface area contributed by atoms with Gasteiger partial charge in [0.05, 0.1) is 0 Å². The molecule has 0 aromatic heterocycles. The maximum absolute atomic E-state index is 12.9. The monoisotopic (exact) mass is 584 g/mol. The average Bonchev–Trinajstić information content (AvgIpc) is 2.95. The van der Waals surface area contributed by atoms with Gasteiger partial charge in [0.25, 0.3) is 0 Å². The summed E-state index contributed by atoms with van der Waals surface area (Å²) in [5.41, 5.74) is 2.53. The summed E-state index contributed by atoms with van der Waals surface area (Å²) in [5, 5.41) is 10.4. The fraction of sp³-hybridized carbons (Fsp3) is 0.636. The Morgan fingerprint density at radius 3 is 2.32 bits per heavy atom. The zero-order chi connectivity index (χ0) is 30.2. The van der Waals surface area contributed by atoms with E-state index in [0.29, 0.717) is 12.0 Å². The number of allylic oxidation sites excluding steroid dienone is 8. The second-order valence-corrected chi connectivity index (χ2v) is 15.8. The predicted octanol–water partition coefficient (Wildman–Crippen LogP) is 7.76. The number of fused-ring (bicyclic) bond motifs is 7. The molecule has 1 N–H and O–H groups in total. The van der Waals surface area contributed by atoms with Crippen LogP contribution in [0.2, 0.25) is 0 Å². The zero-order valence-electron chi connectivity index (χ0n) is 25.5. The average molecular weight is 585 g/mol. The van der Waals surface area contributed by atoms with Gasteiger partial charge in [-0.1, -0.05) is 51.5 Å². The quantitative estimate of drug-likeness (QED) is 0.185. The van der Waals surface area contributed by atoms with Gasteiger partial charge in [0.2, 0.25) is 5.78 Å². The van der Waals surface area contributed by atoms with E-state index >= 15 is 0 Å². The lowest BCUT2D eigenvalue weighted by molar-refractivity contribution is -0.162. The lowest BCUT2D eigenvalue weighted by Gasteiger charge is -2.70. The van der Waals surface area contributed by atoms with Crippen LogP contribution in [-0.2, 0) is 27.7 Å². The SMILES string of the molecule is C=C[C@@]12CC[C@@]3(C)C4=CC(=O)C(O)=C(C)C4=CC=C3[C@@]1(C)CC[C@@]1(C)CC[C@@](C)(C(C=O)OP(=O)(OC)OC)C[C@H]12. The van der Waals surface area contributed by atoms with Gasteiger partial charge >= 0.3 is 7.82 Å². The van der Waals surface area contributed by atoms with Crippen molar-refractivity contribution in [3.8, 4) is 0 Å². The van der Waals surface area contributed by atoms with Crippen LogP contribution in [0.4, 0.5) is 0 Å². The van der Waals surface area contributed by atoms with Crippen molar-refractivity contribution in [1.82, 2.24) is 0 Å². The predicted molar refractivity (Wildman–Crippen MR) is 158 cm³/mol. The first-order chi connectivity index (χ1) is 19.1. The van der Waals surface area contributed by atoms with Gasteiger partial charge < -0.3 is 9.90 Å². The van der Waals surface area contributed by atoms with Crippen molar-refractivity contribution in [1.29, 1.82) is 0 Å². The Labute approximate surface area is 244 Å². The minimum absolute atomic E-state index is 0.0437. The molecule has 7 nitrogen and oxygen atoms in total. The maximum Gasteiger partial charge on any atom is 0.474 e. The minimum Gasteiger partial charge on any atom is -0.504 e. The van der Waals surface area contributed by atoms with Gasteiger partial charge in [0, 0.05) is 36.0 Å². The maximum atomic E-state index is 12.9. The van der Waals surface area contributed by atoms with E-state index in [0.717, 1.165) is 56.0 Å². The van der Waals surface area contributed by atoms with Gasteiger partial charge in [-0.3, -0.25) is 18.4 Å². The number of phosphoric acid groups is 1. The second kappa shape index (κ2) is 9.74. The number of aliphatic hydroxyl groups excluding tert-OH is 1. The van der Waals surface area contributed by atoms with Crippen LogP contribution >= 0.6 is 7.82 Å². The van der Waals surface area contributed by atoms with Crippen LogP contribution in [0.25, 0.3) is 0 Å². The van der Waals surface area contributed by atoms with E-state index in [1.54, 1.807) is 6.08 Å². The molecule has 8 heteroatoms. The number of phosphoric ester groups is 1. The summed E-state index contributed by atoms with van der Waals surface area (Å²) in [6, 6.07) is 0. The van der Waals surface area contributed by atoms with Crippen LogP contribution in [0.3, 0.4) is 0 Å². The van der Waals surface area contributed by atoms with Crippen LogP contribution in [0.5, 0.6) is 0 Å². The molecule has 0 spiro atoms. The van der Waals surface area contributed by atoms with E-state index in [2.05, 4.69) is 52.5 Å². The fourth-order valence-electron chi connectivity index (χ4n) is 9.47. The molecule has 0 amide bonds. The van der Waals surface area contributed by atoms with E-state index < -0.39 is 19.3 Å². The molecule has 5 aliphatic rings. The summed E-state index contributed by atoms with van der Waals surface area (Å²) < 4.78 is 28.8. The first-order valence-corrected chi connectivity index (χ1v) is 16.2. The Morgan fingerprint density at radius 1 is 1.05 bits per heavy atom. The topological polar surface area (TPSA) is 99.1 Å². The van der Waals surface area contributed by atoms with E-state index in [9.17, 15) is 19.3 Å². The highest BCUT2D eigenvalue weighted by Gasteiger charge is 2.68. The number of carbonyl (C=O) groups excluding carboxylic acids is 2. The smallest absolute Gasteiger partial charge is 0.474 e. The molecule has 0 aromatic carbocycles. The van der Waals surface area contributed by atoms with Gasteiger partial charge in [-0.25, -0.2) is 4.57 Å². The number of aldehydes is 1. The molecule has 0 aliphatic heterocycles. The number of hydrogen-bond donors (Lipinski definition) is 1. The van der Waals surface area contributed by atoms with Gasteiger partial charge in [-0.05, 0) is 85.8 Å². The highest BCUT2D eigenvalue weighted by Crippen LogP contribution is 2.76. The van der Waals surface area contributed by atoms with Crippen molar-refractivity contribution in [2.75, 3.05) is 14.2 Å². The lowest BCUT2D eigenvalue weighted by Crippen LogP contribution is -2.63. The lowest BCUT2D eigenvalue weighted by atomic mass is 9.34. The van der Waals surface area contributed by atoms with Crippen molar-refractivity contribution in [3.63, 3.8) is 0 Å². The molecule has 5 rings (SSSR count). The van der Waals surface area contributed by atoms with Gasteiger partial charge in [0.1, 0.15) is 12.4 Å². The first kappa shape index (κ1) is 30.4. The van der Waals surface area contributed by atoms with Crippen molar-refractivity contribution in [2.24, 2.45) is 33.0 Å². The van der Waals surface area contributed by atoms with Gasteiger partial charge in [0.15, 0.2) is 5.76 Å². The molecule has 0 saturated heterocycles. The standard InChI is InChI=1S/C33H45O7P/c1-9-33-17-15-31(5)23-18-24(35)28(36)21(2)22(23)10-11-25(31)32(33,6)16-14-29(3)12-13-30(4,19-26(29)33)27(20-34)40-41(37,38-7)39-8/h9-11,18,20,26-27,36H,1,12-17,19H2,2-8H3/t26-,27?,29-,30-,31+,32-,33+/m1/s1. The normalized spacial score (nSPS) is 41.1. The summed E-state index contributed by atoms with van der Waals surface area (Å²) in [6.07, 6.45) is 14.1. The Morgan fingerprint density at radius 2 is 1.71 bits per heavy atom. The molecule has 3 fully saturated rings. The van der Waals surface area contributed by atoms with Crippen molar-refractivity contribution in [3.05, 3.63) is 58.9 Å². The van der Waals surface area contributed by atoms with Crippen molar-refractivity contribution in [2.45, 2.75) is 85.7 Å². The third-order valence-electron chi connectivity index (χ3n) is 12.3. The summed E-state index contributed by atoms with van der Waals surface area (Å²) in [6.45, 7) is 15.3. The number of carbonyl (C=O) groups is 2. The van der Waals surface area contributed by atoms with Crippen LogP contribution < -0.4 is 0 Å². The summed E-state index contributed by atoms with van der Waals surface area (Å²) in [7, 11) is -1.34. The Kier molecular flexibility index (Phi) is 7.22. The number of aliphatic hydroxyl groups is 1. The van der Waals surface area contributed by atoms with Crippen LogP contribution in [0.15, 0.2) is 58.9 Å². The van der Waals surface area contributed by atoms with Crippen LogP contribution in [-0.4, -0.2) is 37.5 Å². The van der Waals surface area contributed by atoms with Crippen LogP contribution in [0, 0.1) is 33.0 Å². The van der Waals surface area contributed by atoms with E-state index in [-0.39, 0.29) is 39.1 Å². The van der Waals surface area contributed by atoms with Gasteiger partial charge in [-0.2, -0.15) is 0 Å². The third-order valence-corrected chi connectivity index (χ3v) is 13.7. The molecule has 0 radical (unpaired) electrons. The summed E-state index contributed by atoms with van der Waals surface area (Å²) in [4.78, 5) is 25.2. The Bertz CT molecular complexity index is 1360. The highest BCUT2D eigenvalue weighted by molar-refractivity contribution is 7.48. The molecular weight excluding hydrogens is 539 g/mol. The Balaban J connectivity index is 1.60. The molecule has 0 bridgehead atoms. The molecule has 5 aliphatic carbocycles. The summed E-state index contributed by atoms with van der Waals surface area (Å²) >= 11 is 0. The third kappa shape index (κ3) is 4.06. The molecular formula is C33H45O7P. The second-order valence-electron chi connectivity index (χ2n) is 14.0. The molecule has 224 valence electrons. The van der Waals surface area contributed by atoms with Crippen molar-refractivity contribution < 1.29 is 32.8 Å². The first-order valence-electron chi connectivity index (χ1n) is 14.7. The molecule has 1 unspecified atom stereocenters. The largest absolute Gasteiger partial charge is 0.504 e. The van der Waals surface area contributed by atoms with E-state index in [1.165, 1.54) is 19.8 Å². The van der Waals surface area contributed by atoms with E-state index in [1.807, 2.05) is 6.92 Å². The van der Waals surface area contributed by atoms with Gasteiger partial charge in [-0.15, -0.1) is 6.58 Å². The number of ketones is 1. The molecule has 0 heterocycles. The van der Waals surface area contributed by atoms with E-state index in [4.69, 9.17) is 13.6 Å². The molecule has 3 saturated carbocycles. The number of rotatable bonds is 7. The molecule has 7 atom stereocenters. The zero-order valence-corrected chi connectivity index (χ0v) is 26.4.